The van der Waals surface area contributed by atoms with Gasteiger partial charge in [0, 0.05) is 43.8 Å². The lowest BCUT2D eigenvalue weighted by molar-refractivity contribution is 0.123. The van der Waals surface area contributed by atoms with E-state index in [1.54, 1.807) is 0 Å². The van der Waals surface area contributed by atoms with Gasteiger partial charge in [-0.3, -0.25) is 4.99 Å². The molecule has 1 aromatic rings. The molecule has 0 aromatic heterocycles. The summed E-state index contributed by atoms with van der Waals surface area (Å²) in [5, 5.41) is 7.64. The lowest BCUT2D eigenvalue weighted by Crippen LogP contribution is -2.41. The molecule has 2 aliphatic rings. The van der Waals surface area contributed by atoms with Gasteiger partial charge in [-0.15, -0.1) is 24.0 Å². The van der Waals surface area contributed by atoms with Gasteiger partial charge in [0.05, 0.1) is 0 Å². The Morgan fingerprint density at radius 1 is 1.24 bits per heavy atom. The zero-order valence-electron chi connectivity index (χ0n) is 14.9. The lowest BCUT2D eigenvalue weighted by Gasteiger charge is -2.19. The maximum Gasteiger partial charge on any atom is 0.191 e. The second-order valence-corrected chi connectivity index (χ2v) is 7.45. The van der Waals surface area contributed by atoms with Crippen LogP contribution in [-0.2, 0) is 10.2 Å². The molecule has 0 unspecified atom stereocenters. The van der Waals surface area contributed by atoms with Gasteiger partial charge in [0.2, 0.25) is 0 Å². The predicted molar refractivity (Wildman–Crippen MR) is 115 cm³/mol. The summed E-state index contributed by atoms with van der Waals surface area (Å²) in [4.78, 5) is 4.32. The fourth-order valence-electron chi connectivity index (χ4n) is 2.91. The Hall–Kier alpha value is -0.530. The van der Waals surface area contributed by atoms with Crippen LogP contribution in [0.4, 0.5) is 0 Å². The number of benzene rings is 1. The highest BCUT2D eigenvalue weighted by atomic mass is 127. The molecular weight excluding hydrogens is 449 g/mol. The lowest BCUT2D eigenvalue weighted by atomic mass is 9.96. The van der Waals surface area contributed by atoms with Gasteiger partial charge in [-0.1, -0.05) is 23.7 Å². The maximum atomic E-state index is 5.99. The van der Waals surface area contributed by atoms with Crippen molar-refractivity contribution in [2.45, 2.75) is 37.5 Å². The quantitative estimate of drug-likeness (QED) is 0.245. The summed E-state index contributed by atoms with van der Waals surface area (Å²) in [5.74, 6) is 1.72. The Bertz CT molecular complexity index is 556. The Kier molecular flexibility index (Phi) is 8.29. The summed E-state index contributed by atoms with van der Waals surface area (Å²) in [7, 11) is 1.82. The van der Waals surface area contributed by atoms with E-state index in [-0.39, 0.29) is 29.4 Å². The first kappa shape index (κ1) is 20.8. The van der Waals surface area contributed by atoms with Gasteiger partial charge in [-0.25, -0.2) is 0 Å². The summed E-state index contributed by atoms with van der Waals surface area (Å²) in [5.41, 5.74) is 1.61. The topological polar surface area (TPSA) is 45.7 Å². The average molecular weight is 478 g/mol. The van der Waals surface area contributed by atoms with Crippen LogP contribution in [0.2, 0.25) is 5.02 Å². The zero-order valence-corrected chi connectivity index (χ0v) is 18.0. The highest BCUT2D eigenvalue weighted by molar-refractivity contribution is 14.0. The normalized spacial score (nSPS) is 18.4. The minimum absolute atomic E-state index is 0. The number of hydrogen-bond acceptors (Lipinski definition) is 2. The van der Waals surface area contributed by atoms with Gasteiger partial charge in [-0.2, -0.15) is 0 Å². The number of rotatable bonds is 9. The van der Waals surface area contributed by atoms with Crippen molar-refractivity contribution in [1.82, 2.24) is 10.6 Å². The summed E-state index contributed by atoms with van der Waals surface area (Å²) >= 11 is 5.99. The van der Waals surface area contributed by atoms with Gasteiger partial charge in [0.15, 0.2) is 5.96 Å². The molecule has 0 amide bonds. The second kappa shape index (κ2) is 9.97. The first-order valence-electron chi connectivity index (χ1n) is 9.00. The van der Waals surface area contributed by atoms with Crippen LogP contribution in [0.15, 0.2) is 29.3 Å². The van der Waals surface area contributed by atoms with E-state index in [9.17, 15) is 0 Å². The Morgan fingerprint density at radius 2 is 1.96 bits per heavy atom. The van der Waals surface area contributed by atoms with E-state index in [1.165, 1.54) is 31.2 Å². The highest BCUT2D eigenvalue weighted by Gasteiger charge is 2.44. The van der Waals surface area contributed by atoms with E-state index < -0.39 is 0 Å². The minimum Gasteiger partial charge on any atom is -0.381 e. The smallest absolute Gasteiger partial charge is 0.191 e. The molecular formula is C19H29ClIN3O. The third-order valence-electron chi connectivity index (χ3n) is 4.94. The number of ether oxygens (including phenoxy) is 1. The molecule has 0 atom stereocenters. The van der Waals surface area contributed by atoms with Gasteiger partial charge in [-0.05, 0) is 55.7 Å². The minimum atomic E-state index is 0. The summed E-state index contributed by atoms with van der Waals surface area (Å²) in [6.07, 6.45) is 6.14. The van der Waals surface area contributed by atoms with Gasteiger partial charge >= 0.3 is 0 Å². The second-order valence-electron chi connectivity index (χ2n) is 7.01. The van der Waals surface area contributed by atoms with Crippen molar-refractivity contribution >= 4 is 41.5 Å². The van der Waals surface area contributed by atoms with E-state index in [0.29, 0.717) is 0 Å². The molecule has 3 rings (SSSR count). The first-order valence-corrected chi connectivity index (χ1v) is 9.38. The van der Waals surface area contributed by atoms with E-state index in [4.69, 9.17) is 16.3 Å². The van der Waals surface area contributed by atoms with Gasteiger partial charge in [0.25, 0.3) is 0 Å². The predicted octanol–water partition coefficient (Wildman–Crippen LogP) is 3.97. The van der Waals surface area contributed by atoms with Gasteiger partial charge in [0.1, 0.15) is 0 Å². The number of nitrogens with one attached hydrogen (secondary N) is 2. The van der Waals surface area contributed by atoms with Crippen LogP contribution in [0.3, 0.4) is 0 Å². The van der Waals surface area contributed by atoms with E-state index in [0.717, 1.165) is 49.6 Å². The van der Waals surface area contributed by atoms with Crippen molar-refractivity contribution < 1.29 is 4.74 Å². The molecule has 0 spiro atoms. The largest absolute Gasteiger partial charge is 0.381 e. The van der Waals surface area contributed by atoms with E-state index >= 15 is 0 Å². The number of aliphatic imine (C=N–C) groups is 1. The zero-order chi connectivity index (χ0) is 16.8. The van der Waals surface area contributed by atoms with Crippen LogP contribution in [0, 0.1) is 5.92 Å². The van der Waals surface area contributed by atoms with Crippen molar-refractivity contribution in [2.24, 2.45) is 10.9 Å². The fourth-order valence-corrected chi connectivity index (χ4v) is 3.04. The Labute approximate surface area is 173 Å². The summed E-state index contributed by atoms with van der Waals surface area (Å²) < 4.78 is 5.65. The molecule has 2 saturated carbocycles. The SMILES string of the molecule is CN=C(NCCCOCC1CC1)NCC1(c2ccc(Cl)cc2)CC1.I. The Morgan fingerprint density at radius 3 is 2.56 bits per heavy atom. The standard InChI is InChI=1S/C19H28ClN3O.HI/c1-21-18(22-11-2-12-24-13-15-3-4-15)23-14-19(9-10-19)16-5-7-17(20)8-6-16;/h5-8,15H,2-4,9-14H2,1H3,(H2,21,22,23);1H. The summed E-state index contributed by atoms with van der Waals surface area (Å²) in [6, 6.07) is 8.24. The van der Waals surface area contributed by atoms with Crippen molar-refractivity contribution in [2.75, 3.05) is 33.4 Å². The molecule has 2 aliphatic carbocycles. The van der Waals surface area contributed by atoms with E-state index in [2.05, 4.69) is 27.8 Å². The fraction of sp³-hybridized carbons (Fsp3) is 0.632. The number of nitrogens with zero attached hydrogens (tertiary/aromatic N) is 1. The highest BCUT2D eigenvalue weighted by Crippen LogP contribution is 2.47. The molecule has 25 heavy (non-hydrogen) atoms. The van der Waals surface area contributed by atoms with Crippen LogP contribution in [0.5, 0.6) is 0 Å². The number of guanidine groups is 1. The van der Waals surface area contributed by atoms with Crippen molar-refractivity contribution in [1.29, 1.82) is 0 Å². The van der Waals surface area contributed by atoms with Crippen molar-refractivity contribution in [3.63, 3.8) is 0 Å². The molecule has 0 saturated heterocycles. The van der Waals surface area contributed by atoms with E-state index in [1.807, 2.05) is 19.2 Å². The molecule has 6 heteroatoms. The van der Waals surface area contributed by atoms with Crippen molar-refractivity contribution in [3.05, 3.63) is 34.9 Å². The molecule has 2 fully saturated rings. The molecule has 0 radical (unpaired) electrons. The van der Waals surface area contributed by atoms with Crippen LogP contribution >= 0.6 is 35.6 Å². The maximum absolute atomic E-state index is 5.99. The average Bonchev–Trinajstić information content (AvgIpc) is 3.50. The van der Waals surface area contributed by atoms with Gasteiger partial charge < -0.3 is 15.4 Å². The van der Waals surface area contributed by atoms with Crippen LogP contribution in [0.1, 0.15) is 37.7 Å². The molecule has 0 bridgehead atoms. The number of halogens is 2. The molecule has 2 N–H and O–H groups in total. The Balaban J connectivity index is 0.00000225. The molecule has 0 aliphatic heterocycles. The molecule has 1 aromatic carbocycles. The van der Waals surface area contributed by atoms with Crippen LogP contribution < -0.4 is 10.6 Å². The summed E-state index contributed by atoms with van der Waals surface area (Å²) in [6.45, 7) is 3.57. The first-order chi connectivity index (χ1) is 11.7. The third kappa shape index (κ3) is 6.61. The monoisotopic (exact) mass is 477 g/mol. The third-order valence-corrected chi connectivity index (χ3v) is 5.19. The molecule has 0 heterocycles. The number of hydrogen-bond donors (Lipinski definition) is 2. The molecule has 4 nitrogen and oxygen atoms in total. The molecule has 140 valence electrons. The van der Waals surface area contributed by atoms with Crippen molar-refractivity contribution in [3.8, 4) is 0 Å². The van der Waals surface area contributed by atoms with Crippen LogP contribution in [-0.4, -0.2) is 39.3 Å². The van der Waals surface area contributed by atoms with Crippen LogP contribution in [0.25, 0.3) is 0 Å².